The minimum absolute atomic E-state index is 0.0737. The Labute approximate surface area is 232 Å². The molecule has 3 aromatic carbocycles. The zero-order valence-electron chi connectivity index (χ0n) is 22.4. The van der Waals surface area contributed by atoms with Gasteiger partial charge in [-0.3, -0.25) is 4.90 Å². The van der Waals surface area contributed by atoms with Gasteiger partial charge in [-0.1, -0.05) is 91.0 Å². The number of rotatable bonds is 12. The maximum absolute atomic E-state index is 10.5. The Morgan fingerprint density at radius 2 is 1.68 bits per heavy atom. The third-order valence-electron chi connectivity index (χ3n) is 7.67. The maximum Gasteiger partial charge on any atom is 0.138 e. The second kappa shape index (κ2) is 12.6. The molecule has 198 valence electrons. The van der Waals surface area contributed by atoms with Gasteiger partial charge in [-0.2, -0.15) is 5.26 Å². The summed E-state index contributed by atoms with van der Waals surface area (Å²) in [5, 5.41) is 11.1. The number of halogens is 1. The van der Waals surface area contributed by atoms with Crippen LogP contribution in [0.25, 0.3) is 0 Å². The Balaban J connectivity index is 1.40. The van der Waals surface area contributed by atoms with Crippen LogP contribution in [0.5, 0.6) is 5.75 Å². The predicted molar refractivity (Wildman–Crippen MR) is 155 cm³/mol. The van der Waals surface area contributed by atoms with Crippen molar-refractivity contribution < 1.29 is 9.47 Å². The molecule has 0 amide bonds. The van der Waals surface area contributed by atoms with Crippen molar-refractivity contribution >= 4 is 11.6 Å². The molecule has 0 N–H and O–H groups in total. The molecule has 1 aliphatic heterocycles. The second-order valence-electron chi connectivity index (χ2n) is 10.6. The molecule has 0 spiro atoms. The summed E-state index contributed by atoms with van der Waals surface area (Å²) < 4.78 is 12.0. The van der Waals surface area contributed by atoms with Crippen LogP contribution < -0.4 is 4.74 Å². The molecule has 4 nitrogen and oxygen atoms in total. The number of hydrogen-bond acceptors (Lipinski definition) is 4. The number of ether oxygens (including phenoxy) is 2. The molecule has 0 aromatic heterocycles. The van der Waals surface area contributed by atoms with Crippen LogP contribution in [0.1, 0.15) is 49.8 Å². The van der Waals surface area contributed by atoms with Gasteiger partial charge in [-0.05, 0) is 61.9 Å². The van der Waals surface area contributed by atoms with Gasteiger partial charge in [-0.15, -0.1) is 0 Å². The van der Waals surface area contributed by atoms with E-state index in [1.165, 1.54) is 0 Å². The van der Waals surface area contributed by atoms with Gasteiger partial charge < -0.3 is 9.47 Å². The fraction of sp³-hybridized carbons (Fsp3) is 0.364. The van der Waals surface area contributed by atoms with E-state index < -0.39 is 5.41 Å². The van der Waals surface area contributed by atoms with Crippen LogP contribution in [0, 0.1) is 11.3 Å². The number of likely N-dealkylation sites (tertiary alicyclic amines) is 1. The van der Waals surface area contributed by atoms with Gasteiger partial charge in [0.2, 0.25) is 0 Å². The SMILES string of the molecule is C=CCOc1cc(CO[C@@H]2CCN(C(C)(C)CCC(C#N)(c3ccccc3)c3ccccc3)C2)ccc1Cl. The van der Waals surface area contributed by atoms with E-state index in [-0.39, 0.29) is 11.6 Å². The molecule has 0 bridgehead atoms. The van der Waals surface area contributed by atoms with Crippen LogP contribution in [-0.2, 0) is 16.8 Å². The monoisotopic (exact) mass is 528 g/mol. The molecular weight excluding hydrogens is 492 g/mol. The highest BCUT2D eigenvalue weighted by Crippen LogP contribution is 2.39. The molecule has 0 radical (unpaired) electrons. The van der Waals surface area contributed by atoms with Crippen LogP contribution in [0.4, 0.5) is 0 Å². The molecule has 1 atom stereocenters. The minimum atomic E-state index is -0.685. The second-order valence-corrected chi connectivity index (χ2v) is 11.0. The van der Waals surface area contributed by atoms with Crippen molar-refractivity contribution in [3.63, 3.8) is 0 Å². The summed E-state index contributed by atoms with van der Waals surface area (Å²) in [7, 11) is 0. The van der Waals surface area contributed by atoms with E-state index in [0.717, 1.165) is 49.0 Å². The summed E-state index contributed by atoms with van der Waals surface area (Å²) in [5.74, 6) is 0.652. The third-order valence-corrected chi connectivity index (χ3v) is 7.99. The van der Waals surface area contributed by atoms with E-state index in [1.807, 2.05) is 54.6 Å². The molecule has 0 saturated carbocycles. The van der Waals surface area contributed by atoms with Crippen LogP contribution in [-0.4, -0.2) is 36.2 Å². The van der Waals surface area contributed by atoms with Gasteiger partial charge in [-0.25, -0.2) is 0 Å². The van der Waals surface area contributed by atoms with Gasteiger partial charge in [0.05, 0.1) is 23.8 Å². The maximum atomic E-state index is 10.5. The molecule has 1 heterocycles. The highest BCUT2D eigenvalue weighted by atomic mass is 35.5. The first-order valence-electron chi connectivity index (χ1n) is 13.3. The Morgan fingerprint density at radius 1 is 1.03 bits per heavy atom. The molecule has 0 aliphatic carbocycles. The Morgan fingerprint density at radius 3 is 2.29 bits per heavy atom. The van der Waals surface area contributed by atoms with E-state index >= 15 is 0 Å². The summed E-state index contributed by atoms with van der Waals surface area (Å²) in [6.07, 6.45) is 4.47. The zero-order valence-corrected chi connectivity index (χ0v) is 23.2. The van der Waals surface area contributed by atoms with Crippen LogP contribution >= 0.6 is 11.6 Å². The number of nitriles is 1. The summed E-state index contributed by atoms with van der Waals surface area (Å²) in [5.41, 5.74) is 2.37. The Kier molecular flexibility index (Phi) is 9.28. The van der Waals surface area contributed by atoms with E-state index in [0.29, 0.717) is 24.0 Å². The van der Waals surface area contributed by atoms with Crippen molar-refractivity contribution in [1.29, 1.82) is 5.26 Å². The van der Waals surface area contributed by atoms with Crippen molar-refractivity contribution in [2.75, 3.05) is 19.7 Å². The fourth-order valence-corrected chi connectivity index (χ4v) is 5.43. The van der Waals surface area contributed by atoms with Gasteiger partial charge in [0.1, 0.15) is 17.8 Å². The van der Waals surface area contributed by atoms with Crippen LogP contribution in [0.3, 0.4) is 0 Å². The van der Waals surface area contributed by atoms with Crippen molar-refractivity contribution in [1.82, 2.24) is 4.90 Å². The molecule has 5 heteroatoms. The first kappa shape index (κ1) is 27.9. The molecule has 1 fully saturated rings. The van der Waals surface area contributed by atoms with Crippen molar-refractivity contribution in [2.24, 2.45) is 0 Å². The normalized spacial score (nSPS) is 16.2. The predicted octanol–water partition coefficient (Wildman–Crippen LogP) is 7.56. The van der Waals surface area contributed by atoms with E-state index in [1.54, 1.807) is 6.08 Å². The molecular formula is C33H37ClN2O2. The van der Waals surface area contributed by atoms with Gasteiger partial charge in [0.15, 0.2) is 0 Å². The fourth-order valence-electron chi connectivity index (χ4n) is 5.26. The lowest BCUT2D eigenvalue weighted by molar-refractivity contribution is 0.0340. The number of hydrogen-bond donors (Lipinski definition) is 0. The number of nitrogens with zero attached hydrogens (tertiary/aromatic N) is 2. The molecule has 1 saturated heterocycles. The quantitative estimate of drug-likeness (QED) is 0.227. The minimum Gasteiger partial charge on any atom is -0.488 e. The topological polar surface area (TPSA) is 45.5 Å². The van der Waals surface area contributed by atoms with E-state index in [2.05, 4.69) is 55.7 Å². The summed E-state index contributed by atoms with van der Waals surface area (Å²) in [6.45, 7) is 11.0. The summed E-state index contributed by atoms with van der Waals surface area (Å²) >= 11 is 6.25. The van der Waals surface area contributed by atoms with Gasteiger partial charge >= 0.3 is 0 Å². The lowest BCUT2D eigenvalue weighted by Crippen LogP contribution is -2.44. The van der Waals surface area contributed by atoms with E-state index in [9.17, 15) is 5.26 Å². The first-order valence-corrected chi connectivity index (χ1v) is 13.7. The third kappa shape index (κ3) is 6.48. The average Bonchev–Trinajstić information content (AvgIpc) is 3.44. The van der Waals surface area contributed by atoms with Crippen LogP contribution in [0.2, 0.25) is 5.02 Å². The van der Waals surface area contributed by atoms with E-state index in [4.69, 9.17) is 21.1 Å². The molecule has 1 aliphatic rings. The molecule has 3 aromatic rings. The lowest BCUT2D eigenvalue weighted by Gasteiger charge is -2.38. The molecule has 0 unspecified atom stereocenters. The van der Waals surface area contributed by atoms with Gasteiger partial charge in [0, 0.05) is 18.6 Å². The number of benzene rings is 3. The summed E-state index contributed by atoms with van der Waals surface area (Å²) in [4.78, 5) is 2.51. The smallest absolute Gasteiger partial charge is 0.138 e. The Bertz CT molecular complexity index is 1200. The average molecular weight is 529 g/mol. The standard InChI is InChI=1S/C33H37ClN2O2/c1-4-21-37-31-22-26(15-16-30(31)34)24-38-29-17-20-36(23-29)32(2,3)18-19-33(25-35,27-11-7-5-8-12-27)28-13-9-6-10-14-28/h4-16,22,29H,1,17-21,23-24H2,2-3H3/t29-/m1/s1. The Hall–Kier alpha value is -3.10. The largest absolute Gasteiger partial charge is 0.488 e. The molecule has 4 rings (SSSR count). The lowest BCUT2D eigenvalue weighted by atomic mass is 9.70. The highest BCUT2D eigenvalue weighted by molar-refractivity contribution is 6.32. The first-order chi connectivity index (χ1) is 18.4. The van der Waals surface area contributed by atoms with Crippen molar-refractivity contribution in [3.05, 3.63) is 113 Å². The van der Waals surface area contributed by atoms with Crippen molar-refractivity contribution in [2.45, 2.75) is 56.8 Å². The zero-order chi connectivity index (χ0) is 27.0. The summed E-state index contributed by atoms with van der Waals surface area (Å²) in [6, 6.07) is 28.9. The molecule has 38 heavy (non-hydrogen) atoms. The van der Waals surface area contributed by atoms with Crippen molar-refractivity contribution in [3.8, 4) is 11.8 Å². The van der Waals surface area contributed by atoms with Crippen LogP contribution in [0.15, 0.2) is 91.5 Å². The van der Waals surface area contributed by atoms with Gasteiger partial charge in [0.25, 0.3) is 0 Å². The highest BCUT2D eigenvalue weighted by Gasteiger charge is 2.39.